The molecule has 8 heteroatoms. The van der Waals surface area contributed by atoms with Crippen molar-refractivity contribution in [2.45, 2.75) is 18.4 Å². The molecular weight excluding hydrogens is 278 g/mol. The number of H-pyrrole nitrogens is 1. The summed E-state index contributed by atoms with van der Waals surface area (Å²) in [5, 5.41) is 2.96. The minimum Gasteiger partial charge on any atom is -0.369 e. The van der Waals surface area contributed by atoms with Crippen LogP contribution in [0.4, 0.5) is 5.82 Å². The Morgan fingerprint density at radius 3 is 2.80 bits per heavy atom. The van der Waals surface area contributed by atoms with Gasteiger partial charge in [0, 0.05) is 32.2 Å². The van der Waals surface area contributed by atoms with Gasteiger partial charge in [0.1, 0.15) is 16.5 Å². The van der Waals surface area contributed by atoms with Crippen LogP contribution in [0, 0.1) is 0 Å². The quantitative estimate of drug-likeness (QED) is 0.831. The molecule has 2 aromatic heterocycles. The smallest absolute Gasteiger partial charge is 0.246 e. The summed E-state index contributed by atoms with van der Waals surface area (Å²) < 4.78 is 26.4. The number of hydrogen-bond donors (Lipinski definition) is 2. The molecule has 0 atom stereocenters. The molecule has 0 radical (unpaired) electrons. The van der Waals surface area contributed by atoms with E-state index in [9.17, 15) is 8.42 Å². The third-order valence-electron chi connectivity index (χ3n) is 2.73. The van der Waals surface area contributed by atoms with E-state index in [0.29, 0.717) is 18.2 Å². The predicted octanol–water partition coefficient (Wildman–Crippen LogP) is 1.06. The molecule has 0 saturated heterocycles. The van der Waals surface area contributed by atoms with E-state index < -0.39 is 10.0 Å². The third kappa shape index (κ3) is 2.97. The molecule has 2 aromatic rings. The first-order chi connectivity index (χ1) is 9.55. The molecule has 0 bridgehead atoms. The molecule has 7 nitrogen and oxygen atoms in total. The predicted molar refractivity (Wildman–Crippen MR) is 75.6 cm³/mol. The van der Waals surface area contributed by atoms with Gasteiger partial charge in [-0.15, -0.1) is 0 Å². The second-order valence-corrected chi connectivity index (χ2v) is 6.19. The van der Waals surface area contributed by atoms with Gasteiger partial charge in [-0.3, -0.25) is 0 Å². The molecular formula is C12H17N5O2S. The number of aromatic nitrogens is 3. The van der Waals surface area contributed by atoms with Crippen molar-refractivity contribution in [1.29, 1.82) is 0 Å². The molecule has 108 valence electrons. The monoisotopic (exact) mass is 295 g/mol. The Balaban J connectivity index is 2.30. The van der Waals surface area contributed by atoms with E-state index in [-0.39, 0.29) is 11.4 Å². The normalized spacial score (nSPS) is 11.8. The first-order valence-electron chi connectivity index (χ1n) is 6.19. The van der Waals surface area contributed by atoms with Crippen LogP contribution in [-0.2, 0) is 16.6 Å². The van der Waals surface area contributed by atoms with Crippen LogP contribution in [0.1, 0.15) is 12.7 Å². The largest absolute Gasteiger partial charge is 0.369 e. The minimum absolute atomic E-state index is 0.163. The number of hydrogen-bond acceptors (Lipinski definition) is 5. The van der Waals surface area contributed by atoms with E-state index >= 15 is 0 Å². The highest BCUT2D eigenvalue weighted by Crippen LogP contribution is 2.22. The van der Waals surface area contributed by atoms with Crippen molar-refractivity contribution in [2.75, 3.05) is 18.9 Å². The number of imidazole rings is 1. The van der Waals surface area contributed by atoms with E-state index in [2.05, 4.69) is 20.3 Å². The topological polar surface area (TPSA) is 91.0 Å². The second kappa shape index (κ2) is 6.02. The van der Waals surface area contributed by atoms with Gasteiger partial charge in [-0.05, 0) is 19.1 Å². The maximum atomic E-state index is 12.6. The number of sulfonamides is 1. The van der Waals surface area contributed by atoms with E-state index in [1.165, 1.54) is 11.4 Å². The Morgan fingerprint density at radius 1 is 1.35 bits per heavy atom. The molecule has 0 spiro atoms. The van der Waals surface area contributed by atoms with Crippen molar-refractivity contribution in [3.05, 3.63) is 36.5 Å². The lowest BCUT2D eigenvalue weighted by Gasteiger charge is -2.18. The minimum atomic E-state index is -3.62. The van der Waals surface area contributed by atoms with Gasteiger partial charge in [0.15, 0.2) is 0 Å². The number of pyridine rings is 1. The van der Waals surface area contributed by atoms with Gasteiger partial charge in [0.25, 0.3) is 0 Å². The fourth-order valence-corrected chi connectivity index (χ4v) is 2.99. The SMILES string of the molecule is CCNc1ncccc1S(=O)(=O)N(C)Cc1ncc[nH]1. The number of aromatic amines is 1. The molecule has 0 saturated carbocycles. The molecule has 2 heterocycles. The zero-order valence-electron chi connectivity index (χ0n) is 11.4. The van der Waals surface area contributed by atoms with Crippen LogP contribution in [0.2, 0.25) is 0 Å². The fourth-order valence-electron chi connectivity index (χ4n) is 1.75. The zero-order valence-corrected chi connectivity index (χ0v) is 12.2. The summed E-state index contributed by atoms with van der Waals surface area (Å²) in [7, 11) is -2.11. The molecule has 0 aliphatic heterocycles. The van der Waals surface area contributed by atoms with Gasteiger partial charge in [0.2, 0.25) is 10.0 Å². The van der Waals surface area contributed by atoms with Gasteiger partial charge >= 0.3 is 0 Å². The molecule has 0 unspecified atom stereocenters. The van der Waals surface area contributed by atoms with Crippen LogP contribution in [-0.4, -0.2) is 41.3 Å². The van der Waals surface area contributed by atoms with Gasteiger partial charge in [0.05, 0.1) is 6.54 Å². The average Bonchev–Trinajstić information content (AvgIpc) is 2.92. The molecule has 2 rings (SSSR count). The first kappa shape index (κ1) is 14.5. The summed E-state index contributed by atoms with van der Waals surface area (Å²) in [5.74, 6) is 0.950. The summed E-state index contributed by atoms with van der Waals surface area (Å²) in [6, 6.07) is 3.15. The molecule has 0 amide bonds. The van der Waals surface area contributed by atoms with Gasteiger partial charge < -0.3 is 10.3 Å². The van der Waals surface area contributed by atoms with Crippen molar-refractivity contribution in [3.63, 3.8) is 0 Å². The highest BCUT2D eigenvalue weighted by molar-refractivity contribution is 7.89. The molecule has 2 N–H and O–H groups in total. The van der Waals surface area contributed by atoms with Crippen LogP contribution < -0.4 is 5.32 Å². The van der Waals surface area contributed by atoms with E-state index in [1.54, 1.807) is 30.7 Å². The van der Waals surface area contributed by atoms with Crippen LogP contribution in [0.15, 0.2) is 35.6 Å². The molecule has 0 fully saturated rings. The maximum absolute atomic E-state index is 12.6. The van der Waals surface area contributed by atoms with Crippen LogP contribution in [0.25, 0.3) is 0 Å². The standard InChI is InChI=1S/C12H17N5O2S/c1-3-13-12-10(5-4-6-16-12)20(18,19)17(2)9-11-14-7-8-15-11/h4-8H,3,9H2,1-2H3,(H,13,16)(H,14,15). The van der Waals surface area contributed by atoms with Crippen molar-refractivity contribution >= 4 is 15.8 Å². The van der Waals surface area contributed by atoms with Crippen LogP contribution in [0.3, 0.4) is 0 Å². The second-order valence-electron chi connectivity index (χ2n) is 4.18. The number of nitrogens with zero attached hydrogens (tertiary/aromatic N) is 3. The highest BCUT2D eigenvalue weighted by Gasteiger charge is 2.25. The van der Waals surface area contributed by atoms with Crippen LogP contribution >= 0.6 is 0 Å². The van der Waals surface area contributed by atoms with Crippen molar-refractivity contribution in [3.8, 4) is 0 Å². The summed E-state index contributed by atoms with van der Waals surface area (Å²) in [5.41, 5.74) is 0. The lowest BCUT2D eigenvalue weighted by atomic mass is 10.4. The lowest BCUT2D eigenvalue weighted by molar-refractivity contribution is 0.458. The molecule has 0 aliphatic rings. The zero-order chi connectivity index (χ0) is 14.6. The summed E-state index contributed by atoms with van der Waals surface area (Å²) >= 11 is 0. The summed E-state index contributed by atoms with van der Waals surface area (Å²) in [6.45, 7) is 2.66. The lowest BCUT2D eigenvalue weighted by Crippen LogP contribution is -2.28. The van der Waals surface area contributed by atoms with Crippen molar-refractivity contribution in [1.82, 2.24) is 19.3 Å². The maximum Gasteiger partial charge on any atom is 0.246 e. The first-order valence-corrected chi connectivity index (χ1v) is 7.63. The number of rotatable bonds is 6. The summed E-state index contributed by atoms with van der Waals surface area (Å²) in [6.07, 6.45) is 4.80. The van der Waals surface area contributed by atoms with Crippen LogP contribution in [0.5, 0.6) is 0 Å². The third-order valence-corrected chi connectivity index (χ3v) is 4.57. The molecule has 0 aliphatic carbocycles. The van der Waals surface area contributed by atoms with E-state index in [0.717, 1.165) is 0 Å². The van der Waals surface area contributed by atoms with Crippen molar-refractivity contribution < 1.29 is 8.42 Å². The molecule has 20 heavy (non-hydrogen) atoms. The Hall–Kier alpha value is -1.93. The highest BCUT2D eigenvalue weighted by atomic mass is 32.2. The molecule has 0 aromatic carbocycles. The van der Waals surface area contributed by atoms with E-state index in [1.807, 2.05) is 6.92 Å². The Bertz CT molecular complexity index is 654. The number of nitrogens with one attached hydrogen (secondary N) is 2. The Morgan fingerprint density at radius 2 is 2.15 bits per heavy atom. The average molecular weight is 295 g/mol. The van der Waals surface area contributed by atoms with Gasteiger partial charge in [-0.25, -0.2) is 18.4 Å². The summed E-state index contributed by atoms with van der Waals surface area (Å²) in [4.78, 5) is 11.1. The van der Waals surface area contributed by atoms with Gasteiger partial charge in [-0.1, -0.05) is 0 Å². The Kier molecular flexibility index (Phi) is 4.35. The fraction of sp³-hybridized carbons (Fsp3) is 0.333. The van der Waals surface area contributed by atoms with Gasteiger partial charge in [-0.2, -0.15) is 4.31 Å². The number of anilines is 1. The Labute approximate surface area is 118 Å². The van der Waals surface area contributed by atoms with Crippen molar-refractivity contribution in [2.24, 2.45) is 0 Å². The van der Waals surface area contributed by atoms with E-state index in [4.69, 9.17) is 0 Å².